The van der Waals surface area contributed by atoms with E-state index in [0.29, 0.717) is 17.7 Å². The molecule has 0 radical (unpaired) electrons. The number of nitrogens with one attached hydrogen (secondary N) is 1. The second-order valence-electron chi connectivity index (χ2n) is 7.28. The van der Waals surface area contributed by atoms with Gasteiger partial charge in [0.1, 0.15) is 5.56 Å². The van der Waals surface area contributed by atoms with Crippen LogP contribution in [0.3, 0.4) is 0 Å². The second kappa shape index (κ2) is 7.54. The number of rotatable bonds is 5. The van der Waals surface area contributed by atoms with Crippen molar-refractivity contribution < 1.29 is 14.3 Å². The molecule has 1 N–H and O–H groups in total. The Hall–Kier alpha value is -3.41. The van der Waals surface area contributed by atoms with Crippen LogP contribution in [0.1, 0.15) is 41.4 Å². The van der Waals surface area contributed by atoms with Gasteiger partial charge < -0.3 is 14.6 Å². The number of anilines is 1. The Morgan fingerprint density at radius 3 is 2.66 bits per heavy atom. The van der Waals surface area contributed by atoms with Crippen LogP contribution in [0.5, 0.6) is 0 Å². The van der Waals surface area contributed by atoms with Crippen molar-refractivity contribution in [2.45, 2.75) is 32.7 Å². The third kappa shape index (κ3) is 3.53. The van der Waals surface area contributed by atoms with Gasteiger partial charge in [-0.05, 0) is 49.6 Å². The summed E-state index contributed by atoms with van der Waals surface area (Å²) in [7, 11) is 0. The highest BCUT2D eigenvalue weighted by Gasteiger charge is 2.24. The molecule has 0 spiro atoms. The molecule has 4 rings (SSSR count). The molecule has 1 atom stereocenters. The normalized spacial score (nSPS) is 14.8. The maximum atomic E-state index is 12.9. The molecule has 6 nitrogen and oxygen atoms in total. The first-order valence-corrected chi connectivity index (χ1v) is 9.70. The van der Waals surface area contributed by atoms with Crippen molar-refractivity contribution >= 4 is 28.5 Å². The molecule has 0 saturated carbocycles. The molecular weight excluding hydrogens is 368 g/mol. The van der Waals surface area contributed by atoms with Gasteiger partial charge in [0.25, 0.3) is 5.91 Å². The Morgan fingerprint density at radius 1 is 1.17 bits per heavy atom. The summed E-state index contributed by atoms with van der Waals surface area (Å²) in [6.45, 7) is 4.18. The fourth-order valence-electron chi connectivity index (χ4n) is 3.86. The highest BCUT2D eigenvalue weighted by atomic mass is 16.5. The largest absolute Gasteiger partial charge is 0.466 e. The van der Waals surface area contributed by atoms with Crippen LogP contribution in [0.25, 0.3) is 10.9 Å². The van der Waals surface area contributed by atoms with E-state index in [0.717, 1.165) is 23.1 Å². The van der Waals surface area contributed by atoms with Crippen molar-refractivity contribution in [3.63, 3.8) is 0 Å². The maximum Gasteiger partial charge on any atom is 0.310 e. The van der Waals surface area contributed by atoms with Gasteiger partial charge in [-0.3, -0.25) is 14.4 Å². The Balaban J connectivity index is 1.58. The molecule has 0 aliphatic carbocycles. The van der Waals surface area contributed by atoms with Gasteiger partial charge >= 0.3 is 5.97 Å². The van der Waals surface area contributed by atoms with Gasteiger partial charge in [-0.15, -0.1) is 0 Å². The number of nitrogens with zero attached hydrogens (tertiary/aromatic N) is 1. The lowest BCUT2D eigenvalue weighted by Crippen LogP contribution is -2.23. The third-order valence-corrected chi connectivity index (χ3v) is 5.24. The summed E-state index contributed by atoms with van der Waals surface area (Å²) in [5.41, 5.74) is 3.27. The van der Waals surface area contributed by atoms with E-state index in [1.54, 1.807) is 43.5 Å². The van der Waals surface area contributed by atoms with Crippen molar-refractivity contribution in [3.05, 3.63) is 75.6 Å². The average molecular weight is 390 g/mol. The van der Waals surface area contributed by atoms with E-state index in [1.807, 2.05) is 16.7 Å². The predicted molar refractivity (Wildman–Crippen MR) is 111 cm³/mol. The van der Waals surface area contributed by atoms with Gasteiger partial charge in [-0.1, -0.05) is 24.3 Å². The Labute approximate surface area is 168 Å². The van der Waals surface area contributed by atoms with Gasteiger partial charge in [0.05, 0.1) is 18.5 Å². The average Bonchev–Trinajstić information content (AvgIpc) is 3.02. The standard InChI is InChI=1S/C23H22N2O4/c1-3-29-20(26)12-15-7-9-17(10-8-15)24-23(28)19-13-25-14(2)11-16-5-4-6-18(21(16)25)22(19)27/h4-10,13-14H,3,11-12H2,1-2H3,(H,24,28)/t14-/m0/s1. The van der Waals surface area contributed by atoms with Crippen LogP contribution >= 0.6 is 0 Å². The lowest BCUT2D eigenvalue weighted by molar-refractivity contribution is -0.142. The van der Waals surface area contributed by atoms with Crippen LogP contribution in [0, 0.1) is 0 Å². The number of carbonyl (C=O) groups excluding carboxylic acids is 2. The van der Waals surface area contributed by atoms with Crippen LogP contribution < -0.4 is 10.7 Å². The summed E-state index contributed by atoms with van der Waals surface area (Å²) in [4.78, 5) is 37.3. The van der Waals surface area contributed by atoms with Crippen LogP contribution in [-0.4, -0.2) is 23.1 Å². The zero-order valence-electron chi connectivity index (χ0n) is 16.4. The molecule has 29 heavy (non-hydrogen) atoms. The van der Waals surface area contributed by atoms with E-state index in [2.05, 4.69) is 12.2 Å². The number of benzene rings is 2. The first kappa shape index (κ1) is 18.9. The fourth-order valence-corrected chi connectivity index (χ4v) is 3.86. The van der Waals surface area contributed by atoms with Crippen LogP contribution in [0.2, 0.25) is 0 Å². The molecule has 6 heteroatoms. The van der Waals surface area contributed by atoms with Crippen molar-refractivity contribution in [1.82, 2.24) is 4.57 Å². The molecule has 148 valence electrons. The molecule has 0 saturated heterocycles. The SMILES string of the molecule is CCOC(=O)Cc1ccc(NC(=O)c2cn3c4c(cccc4c2=O)C[C@@H]3C)cc1. The minimum absolute atomic E-state index is 0.124. The number of esters is 1. The minimum atomic E-state index is -0.441. The summed E-state index contributed by atoms with van der Waals surface area (Å²) in [6, 6.07) is 12.8. The number of ether oxygens (including phenoxy) is 1. The molecule has 1 aromatic heterocycles. The van der Waals surface area contributed by atoms with Crippen molar-refractivity contribution in [1.29, 1.82) is 0 Å². The molecular formula is C23H22N2O4. The Bertz CT molecular complexity index is 1160. The van der Waals surface area contributed by atoms with E-state index in [4.69, 9.17) is 4.74 Å². The number of pyridine rings is 1. The molecule has 1 amide bonds. The lowest BCUT2D eigenvalue weighted by atomic mass is 10.1. The van der Waals surface area contributed by atoms with Gasteiger partial charge in [-0.25, -0.2) is 0 Å². The topological polar surface area (TPSA) is 77.4 Å². The van der Waals surface area contributed by atoms with Crippen LogP contribution in [0.15, 0.2) is 53.5 Å². The predicted octanol–water partition coefficient (Wildman–Crippen LogP) is 3.48. The van der Waals surface area contributed by atoms with Crippen molar-refractivity contribution in [2.75, 3.05) is 11.9 Å². The van der Waals surface area contributed by atoms with Crippen molar-refractivity contribution in [3.8, 4) is 0 Å². The fraction of sp³-hybridized carbons (Fsp3) is 0.261. The molecule has 1 aliphatic rings. The zero-order valence-corrected chi connectivity index (χ0v) is 16.4. The van der Waals surface area contributed by atoms with E-state index in [9.17, 15) is 14.4 Å². The minimum Gasteiger partial charge on any atom is -0.466 e. The molecule has 0 bridgehead atoms. The maximum absolute atomic E-state index is 12.9. The molecule has 0 unspecified atom stereocenters. The molecule has 2 aromatic carbocycles. The van der Waals surface area contributed by atoms with E-state index in [1.165, 1.54) is 0 Å². The van der Waals surface area contributed by atoms with Crippen molar-refractivity contribution in [2.24, 2.45) is 0 Å². The summed E-state index contributed by atoms with van der Waals surface area (Å²) in [5, 5.41) is 3.36. The van der Waals surface area contributed by atoms with E-state index < -0.39 is 5.91 Å². The highest BCUT2D eigenvalue weighted by Crippen LogP contribution is 2.31. The van der Waals surface area contributed by atoms with Gasteiger partial charge in [0.15, 0.2) is 0 Å². The summed E-state index contributed by atoms with van der Waals surface area (Å²) >= 11 is 0. The van der Waals surface area contributed by atoms with Crippen LogP contribution in [-0.2, 0) is 22.4 Å². The number of amides is 1. The number of hydrogen-bond donors (Lipinski definition) is 1. The lowest BCUT2D eigenvalue weighted by Gasteiger charge is -2.13. The molecule has 3 aromatic rings. The summed E-state index contributed by atoms with van der Waals surface area (Å²) in [5.74, 6) is -0.733. The van der Waals surface area contributed by atoms with Gasteiger partial charge in [-0.2, -0.15) is 0 Å². The van der Waals surface area contributed by atoms with E-state index >= 15 is 0 Å². The zero-order chi connectivity index (χ0) is 20.5. The van der Waals surface area contributed by atoms with E-state index in [-0.39, 0.29) is 29.4 Å². The number of carbonyl (C=O) groups is 2. The number of para-hydroxylation sites is 1. The third-order valence-electron chi connectivity index (χ3n) is 5.24. The Morgan fingerprint density at radius 2 is 1.93 bits per heavy atom. The smallest absolute Gasteiger partial charge is 0.310 e. The number of hydrogen-bond acceptors (Lipinski definition) is 4. The molecule has 1 aliphatic heterocycles. The quantitative estimate of drug-likeness (QED) is 0.677. The van der Waals surface area contributed by atoms with Gasteiger partial charge in [0, 0.05) is 23.3 Å². The monoisotopic (exact) mass is 390 g/mol. The first-order chi connectivity index (χ1) is 14.0. The number of aromatic nitrogens is 1. The van der Waals surface area contributed by atoms with Gasteiger partial charge in [0.2, 0.25) is 5.43 Å². The first-order valence-electron chi connectivity index (χ1n) is 9.70. The Kier molecular flexibility index (Phi) is 4.92. The molecule has 0 fully saturated rings. The van der Waals surface area contributed by atoms with Crippen LogP contribution in [0.4, 0.5) is 5.69 Å². The molecule has 2 heterocycles. The summed E-state index contributed by atoms with van der Waals surface area (Å²) in [6.07, 6.45) is 2.69. The second-order valence-corrected chi connectivity index (χ2v) is 7.28. The summed E-state index contributed by atoms with van der Waals surface area (Å²) < 4.78 is 6.95. The highest BCUT2D eigenvalue weighted by molar-refractivity contribution is 6.06.